The molecule has 0 radical (unpaired) electrons. The molecule has 2 aromatic rings. The number of carbonyl (C=O) groups is 2. The van der Waals surface area contributed by atoms with Crippen molar-refractivity contribution in [1.82, 2.24) is 0 Å². The lowest BCUT2D eigenvalue weighted by Crippen LogP contribution is -2.24. The van der Waals surface area contributed by atoms with E-state index in [2.05, 4.69) is 5.32 Å². The number of aryl methyl sites for hydroxylation is 1. The van der Waals surface area contributed by atoms with E-state index in [0.29, 0.717) is 24.4 Å². The highest BCUT2D eigenvalue weighted by Gasteiger charge is 2.24. The summed E-state index contributed by atoms with van der Waals surface area (Å²) < 4.78 is 10.6. The fourth-order valence-corrected chi connectivity index (χ4v) is 2.67. The molecule has 1 aliphatic rings. The molecule has 0 bridgehead atoms. The van der Waals surface area contributed by atoms with E-state index >= 15 is 0 Å². The van der Waals surface area contributed by atoms with Crippen molar-refractivity contribution in [3.8, 4) is 5.75 Å². The maximum Gasteiger partial charge on any atom is 0.291 e. The van der Waals surface area contributed by atoms with Crippen molar-refractivity contribution >= 4 is 23.2 Å². The predicted octanol–water partition coefficient (Wildman–Crippen LogP) is 2.98. The number of methoxy groups -OCH3 is 1. The molecule has 1 N–H and O–H groups in total. The summed E-state index contributed by atoms with van der Waals surface area (Å²) in [5, 5.41) is 2.77. The second kappa shape index (κ2) is 6.16. The highest BCUT2D eigenvalue weighted by atomic mass is 16.5. The van der Waals surface area contributed by atoms with Gasteiger partial charge in [-0.05, 0) is 31.5 Å². The van der Waals surface area contributed by atoms with Crippen molar-refractivity contribution in [2.45, 2.75) is 19.8 Å². The van der Waals surface area contributed by atoms with Gasteiger partial charge in [0, 0.05) is 30.3 Å². The van der Waals surface area contributed by atoms with Gasteiger partial charge in [-0.1, -0.05) is 0 Å². The zero-order valence-corrected chi connectivity index (χ0v) is 13.1. The van der Waals surface area contributed by atoms with E-state index in [9.17, 15) is 9.59 Å². The fraction of sp³-hybridized carbons (Fsp3) is 0.294. The maximum absolute atomic E-state index is 12.2. The van der Waals surface area contributed by atoms with Gasteiger partial charge in [0.05, 0.1) is 19.1 Å². The molecule has 6 nitrogen and oxygen atoms in total. The van der Waals surface area contributed by atoms with E-state index in [-0.39, 0.29) is 17.6 Å². The molecule has 6 heteroatoms. The zero-order chi connectivity index (χ0) is 16.4. The third kappa shape index (κ3) is 2.92. The van der Waals surface area contributed by atoms with Crippen LogP contribution in [0.25, 0.3) is 0 Å². The summed E-state index contributed by atoms with van der Waals surface area (Å²) in [6, 6.07) is 6.97. The van der Waals surface area contributed by atoms with Crippen LogP contribution in [0.4, 0.5) is 11.4 Å². The molecule has 0 unspecified atom stereocenters. The Balaban J connectivity index is 1.83. The molecule has 120 valence electrons. The topological polar surface area (TPSA) is 71.8 Å². The molecule has 1 saturated heterocycles. The van der Waals surface area contributed by atoms with Crippen molar-refractivity contribution in [1.29, 1.82) is 0 Å². The van der Waals surface area contributed by atoms with Crippen LogP contribution < -0.4 is 15.0 Å². The lowest BCUT2D eigenvalue weighted by atomic mass is 10.2. The normalized spacial score (nSPS) is 14.2. The Morgan fingerprint density at radius 2 is 2.17 bits per heavy atom. The van der Waals surface area contributed by atoms with Crippen molar-refractivity contribution in [3.63, 3.8) is 0 Å². The van der Waals surface area contributed by atoms with E-state index in [0.717, 1.165) is 17.7 Å². The maximum atomic E-state index is 12.2. The first-order valence-corrected chi connectivity index (χ1v) is 7.44. The number of nitrogens with one attached hydrogen (secondary N) is 1. The standard InChI is InChI=1S/C17H18N2O4/c1-11-7-9-23-16(11)17(21)18-12-5-6-13(14(10-12)22-2)19-8-3-4-15(19)20/h5-7,9-10H,3-4,8H2,1-2H3,(H,18,21). The first-order chi connectivity index (χ1) is 11.1. The number of hydrogen-bond acceptors (Lipinski definition) is 4. The van der Waals surface area contributed by atoms with Crippen LogP contribution in [0.15, 0.2) is 34.9 Å². The molecule has 0 saturated carbocycles. The minimum Gasteiger partial charge on any atom is -0.494 e. The molecule has 0 spiro atoms. The number of benzene rings is 1. The van der Waals surface area contributed by atoms with E-state index in [1.807, 2.05) is 0 Å². The van der Waals surface area contributed by atoms with Gasteiger partial charge in [0.15, 0.2) is 5.76 Å². The summed E-state index contributed by atoms with van der Waals surface area (Å²) >= 11 is 0. The van der Waals surface area contributed by atoms with E-state index in [1.54, 1.807) is 43.2 Å². The Labute approximate surface area is 134 Å². The van der Waals surface area contributed by atoms with Crippen molar-refractivity contribution in [3.05, 3.63) is 41.9 Å². The van der Waals surface area contributed by atoms with Gasteiger partial charge >= 0.3 is 0 Å². The van der Waals surface area contributed by atoms with Crippen LogP contribution in [0, 0.1) is 6.92 Å². The highest BCUT2D eigenvalue weighted by molar-refractivity contribution is 6.04. The predicted molar refractivity (Wildman–Crippen MR) is 86.0 cm³/mol. The van der Waals surface area contributed by atoms with Gasteiger partial charge in [0.2, 0.25) is 5.91 Å². The highest BCUT2D eigenvalue weighted by Crippen LogP contribution is 2.34. The van der Waals surface area contributed by atoms with E-state index < -0.39 is 0 Å². The van der Waals surface area contributed by atoms with Gasteiger partial charge in [0.25, 0.3) is 5.91 Å². The Morgan fingerprint density at radius 1 is 1.35 bits per heavy atom. The number of furan rings is 1. The molecule has 1 aromatic heterocycles. The number of ether oxygens (including phenoxy) is 1. The molecular formula is C17H18N2O4. The summed E-state index contributed by atoms with van der Waals surface area (Å²) in [6.07, 6.45) is 2.88. The first-order valence-electron chi connectivity index (χ1n) is 7.44. The number of nitrogens with zero attached hydrogens (tertiary/aromatic N) is 1. The smallest absolute Gasteiger partial charge is 0.291 e. The third-order valence-electron chi connectivity index (χ3n) is 3.87. The SMILES string of the molecule is COc1cc(NC(=O)c2occc2C)ccc1N1CCCC1=O. The molecule has 1 aliphatic heterocycles. The van der Waals surface area contributed by atoms with Gasteiger partial charge in [-0.25, -0.2) is 0 Å². The lowest BCUT2D eigenvalue weighted by Gasteiger charge is -2.19. The Hall–Kier alpha value is -2.76. The molecule has 0 aliphatic carbocycles. The summed E-state index contributed by atoms with van der Waals surface area (Å²) in [4.78, 5) is 25.8. The average molecular weight is 314 g/mol. The molecule has 3 rings (SSSR count). The number of anilines is 2. The van der Waals surface area contributed by atoms with E-state index in [4.69, 9.17) is 9.15 Å². The van der Waals surface area contributed by atoms with Crippen molar-refractivity contribution < 1.29 is 18.7 Å². The molecular weight excluding hydrogens is 296 g/mol. The average Bonchev–Trinajstić information content (AvgIpc) is 3.15. The largest absolute Gasteiger partial charge is 0.494 e. The molecule has 1 aromatic carbocycles. The minimum absolute atomic E-state index is 0.0892. The van der Waals surface area contributed by atoms with Crippen LogP contribution >= 0.6 is 0 Å². The molecule has 1 fully saturated rings. The first kappa shape index (κ1) is 15.1. The van der Waals surface area contributed by atoms with Crippen molar-refractivity contribution in [2.24, 2.45) is 0 Å². The van der Waals surface area contributed by atoms with Gasteiger partial charge in [-0.15, -0.1) is 0 Å². The van der Waals surface area contributed by atoms with Crippen LogP contribution in [-0.2, 0) is 4.79 Å². The molecule has 23 heavy (non-hydrogen) atoms. The number of carbonyl (C=O) groups excluding carboxylic acids is 2. The number of hydrogen-bond donors (Lipinski definition) is 1. The second-order valence-corrected chi connectivity index (χ2v) is 5.42. The monoisotopic (exact) mass is 314 g/mol. The summed E-state index contributed by atoms with van der Waals surface area (Å²) in [6.45, 7) is 2.49. The number of rotatable bonds is 4. The molecule has 0 atom stereocenters. The summed E-state index contributed by atoms with van der Waals surface area (Å²) in [5.41, 5.74) is 2.08. The quantitative estimate of drug-likeness (QED) is 0.941. The Morgan fingerprint density at radius 3 is 2.78 bits per heavy atom. The fourth-order valence-electron chi connectivity index (χ4n) is 2.67. The van der Waals surface area contributed by atoms with Crippen LogP contribution in [0.3, 0.4) is 0 Å². The Bertz CT molecular complexity index is 751. The molecule has 2 amide bonds. The van der Waals surface area contributed by atoms with Crippen LogP contribution in [0.5, 0.6) is 5.75 Å². The van der Waals surface area contributed by atoms with Crippen LogP contribution in [0.2, 0.25) is 0 Å². The summed E-state index contributed by atoms with van der Waals surface area (Å²) in [5.74, 6) is 0.600. The van der Waals surface area contributed by atoms with Crippen LogP contribution in [0.1, 0.15) is 29.0 Å². The second-order valence-electron chi connectivity index (χ2n) is 5.42. The minimum atomic E-state index is -0.320. The third-order valence-corrected chi connectivity index (χ3v) is 3.87. The molecule has 2 heterocycles. The van der Waals surface area contributed by atoms with Gasteiger partial charge in [-0.2, -0.15) is 0 Å². The van der Waals surface area contributed by atoms with Gasteiger partial charge in [-0.3, -0.25) is 9.59 Å². The van der Waals surface area contributed by atoms with E-state index in [1.165, 1.54) is 6.26 Å². The lowest BCUT2D eigenvalue weighted by molar-refractivity contribution is -0.117. The zero-order valence-electron chi connectivity index (χ0n) is 13.1. The van der Waals surface area contributed by atoms with Crippen molar-refractivity contribution in [2.75, 3.05) is 23.9 Å². The van der Waals surface area contributed by atoms with Crippen LogP contribution in [-0.4, -0.2) is 25.5 Å². The summed E-state index contributed by atoms with van der Waals surface area (Å²) in [7, 11) is 1.54. The Kier molecular flexibility index (Phi) is 4.06. The number of amides is 2. The van der Waals surface area contributed by atoms with Gasteiger partial charge in [0.1, 0.15) is 5.75 Å². The van der Waals surface area contributed by atoms with Gasteiger partial charge < -0.3 is 19.4 Å².